The number of hydrogen-bond donors (Lipinski definition) is 1. The van der Waals surface area contributed by atoms with E-state index in [0.717, 1.165) is 0 Å². The van der Waals surface area contributed by atoms with Crippen LogP contribution in [0, 0.1) is 11.8 Å². The van der Waals surface area contributed by atoms with E-state index in [1.165, 1.54) is 6.92 Å². The molecule has 1 aliphatic carbocycles. The summed E-state index contributed by atoms with van der Waals surface area (Å²) in [6.07, 6.45) is 0.976. The van der Waals surface area contributed by atoms with Crippen molar-refractivity contribution in [2.75, 3.05) is 37.7 Å². The van der Waals surface area contributed by atoms with E-state index in [-0.39, 0.29) is 47.1 Å². The maximum Gasteiger partial charge on any atom is 0.226 e. The fourth-order valence-corrected chi connectivity index (χ4v) is 5.12. The lowest BCUT2D eigenvalue weighted by molar-refractivity contribution is -0.140. The van der Waals surface area contributed by atoms with Crippen LogP contribution in [0.4, 0.5) is 0 Å². The Balaban J connectivity index is 1.46. The van der Waals surface area contributed by atoms with Crippen LogP contribution in [0.1, 0.15) is 19.8 Å². The number of amides is 3. The van der Waals surface area contributed by atoms with E-state index in [0.29, 0.717) is 39.0 Å². The molecule has 3 fully saturated rings. The molecule has 134 valence electrons. The van der Waals surface area contributed by atoms with Gasteiger partial charge in [-0.2, -0.15) is 0 Å². The highest BCUT2D eigenvalue weighted by Crippen LogP contribution is 2.40. The fraction of sp³-hybridized carbons (Fsp3) is 0.800. The standard InChI is InChI=1S/C15H23N3O5S/c1-10(19)17-3-5-18(6-4-17)15(21)13-8-12(13)14(20)16-11-2-7-24(22,23)9-11/h11-13H,2-9H2,1H3,(H,16,20). The summed E-state index contributed by atoms with van der Waals surface area (Å²) in [7, 11) is -3.03. The maximum atomic E-state index is 12.4. The van der Waals surface area contributed by atoms with E-state index in [9.17, 15) is 22.8 Å². The number of hydrogen-bond acceptors (Lipinski definition) is 5. The second kappa shape index (κ2) is 6.34. The van der Waals surface area contributed by atoms with Gasteiger partial charge in [0.15, 0.2) is 9.84 Å². The zero-order valence-electron chi connectivity index (χ0n) is 13.7. The monoisotopic (exact) mass is 357 g/mol. The van der Waals surface area contributed by atoms with E-state index < -0.39 is 9.84 Å². The molecule has 3 rings (SSSR count). The molecule has 2 heterocycles. The normalized spacial score (nSPS) is 31.6. The second-order valence-electron chi connectivity index (χ2n) is 6.89. The van der Waals surface area contributed by atoms with Crippen LogP contribution in [0.15, 0.2) is 0 Å². The molecule has 9 heteroatoms. The van der Waals surface area contributed by atoms with E-state index in [1.807, 2.05) is 0 Å². The number of rotatable bonds is 3. The van der Waals surface area contributed by atoms with E-state index >= 15 is 0 Å². The first-order valence-corrected chi connectivity index (χ1v) is 10.1. The van der Waals surface area contributed by atoms with Crippen LogP contribution < -0.4 is 5.32 Å². The first kappa shape index (κ1) is 17.2. The minimum atomic E-state index is -3.03. The van der Waals surface area contributed by atoms with E-state index in [4.69, 9.17) is 0 Å². The molecule has 2 saturated heterocycles. The van der Waals surface area contributed by atoms with Gasteiger partial charge in [-0.15, -0.1) is 0 Å². The molecule has 0 radical (unpaired) electrons. The lowest BCUT2D eigenvalue weighted by atomic mass is 10.2. The van der Waals surface area contributed by atoms with Gasteiger partial charge in [0, 0.05) is 39.1 Å². The summed E-state index contributed by atoms with van der Waals surface area (Å²) >= 11 is 0. The van der Waals surface area contributed by atoms with Crippen LogP contribution in [-0.4, -0.2) is 79.7 Å². The molecule has 1 saturated carbocycles. The van der Waals surface area contributed by atoms with Gasteiger partial charge in [0.25, 0.3) is 0 Å². The maximum absolute atomic E-state index is 12.4. The van der Waals surface area contributed by atoms with Gasteiger partial charge in [-0.1, -0.05) is 0 Å². The van der Waals surface area contributed by atoms with Gasteiger partial charge in [0.1, 0.15) is 0 Å². The SMILES string of the molecule is CC(=O)N1CCN(C(=O)C2CC2C(=O)NC2CCS(=O)(=O)C2)CC1. The highest BCUT2D eigenvalue weighted by molar-refractivity contribution is 7.91. The predicted octanol–water partition coefficient (Wildman–Crippen LogP) is -1.38. The number of nitrogens with one attached hydrogen (secondary N) is 1. The summed E-state index contributed by atoms with van der Waals surface area (Å²) in [4.78, 5) is 39.3. The smallest absolute Gasteiger partial charge is 0.226 e. The lowest BCUT2D eigenvalue weighted by Gasteiger charge is -2.34. The van der Waals surface area contributed by atoms with Crippen molar-refractivity contribution in [2.45, 2.75) is 25.8 Å². The summed E-state index contributed by atoms with van der Waals surface area (Å²) in [6.45, 7) is 3.59. The summed E-state index contributed by atoms with van der Waals surface area (Å²) in [5, 5.41) is 2.76. The highest BCUT2D eigenvalue weighted by atomic mass is 32.2. The Bertz CT molecular complexity index is 654. The van der Waals surface area contributed by atoms with Crippen molar-refractivity contribution < 1.29 is 22.8 Å². The lowest BCUT2D eigenvalue weighted by Crippen LogP contribution is -2.50. The van der Waals surface area contributed by atoms with Gasteiger partial charge >= 0.3 is 0 Å². The third kappa shape index (κ3) is 3.71. The van der Waals surface area contributed by atoms with Crippen molar-refractivity contribution >= 4 is 27.6 Å². The second-order valence-corrected chi connectivity index (χ2v) is 9.12. The largest absolute Gasteiger partial charge is 0.352 e. The van der Waals surface area contributed by atoms with Crippen molar-refractivity contribution in [1.29, 1.82) is 0 Å². The molecule has 2 aliphatic heterocycles. The third-order valence-electron chi connectivity index (χ3n) is 5.06. The van der Waals surface area contributed by atoms with Gasteiger partial charge in [-0.3, -0.25) is 14.4 Å². The van der Waals surface area contributed by atoms with E-state index in [2.05, 4.69) is 5.32 Å². The van der Waals surface area contributed by atoms with Crippen molar-refractivity contribution in [3.63, 3.8) is 0 Å². The van der Waals surface area contributed by atoms with Gasteiger partial charge in [-0.25, -0.2) is 8.42 Å². The minimum absolute atomic E-state index is 0.00290. The molecular weight excluding hydrogens is 334 g/mol. The zero-order valence-corrected chi connectivity index (χ0v) is 14.5. The van der Waals surface area contributed by atoms with Crippen LogP contribution in [0.3, 0.4) is 0 Å². The number of nitrogens with zero attached hydrogens (tertiary/aromatic N) is 2. The molecule has 0 bridgehead atoms. The molecule has 0 aromatic heterocycles. The predicted molar refractivity (Wildman–Crippen MR) is 85.6 cm³/mol. The minimum Gasteiger partial charge on any atom is -0.352 e. The van der Waals surface area contributed by atoms with Crippen LogP contribution >= 0.6 is 0 Å². The molecule has 3 amide bonds. The first-order chi connectivity index (χ1) is 11.3. The Kier molecular flexibility index (Phi) is 4.54. The molecular formula is C15H23N3O5S. The Morgan fingerprint density at radius 1 is 1.00 bits per heavy atom. The van der Waals surface area contributed by atoms with Crippen LogP contribution in [-0.2, 0) is 24.2 Å². The number of piperazine rings is 1. The average molecular weight is 357 g/mol. The molecule has 0 aromatic rings. The molecule has 24 heavy (non-hydrogen) atoms. The topological polar surface area (TPSA) is 104 Å². The van der Waals surface area contributed by atoms with Gasteiger partial charge < -0.3 is 15.1 Å². The van der Waals surface area contributed by atoms with Crippen molar-refractivity contribution in [2.24, 2.45) is 11.8 Å². The quantitative estimate of drug-likeness (QED) is 0.670. The summed E-state index contributed by atoms with van der Waals surface area (Å²) in [5.74, 6) is -0.756. The number of sulfone groups is 1. The van der Waals surface area contributed by atoms with E-state index in [1.54, 1.807) is 9.80 Å². The Morgan fingerprint density at radius 3 is 2.17 bits per heavy atom. The van der Waals surface area contributed by atoms with Crippen molar-refractivity contribution in [1.82, 2.24) is 15.1 Å². The first-order valence-electron chi connectivity index (χ1n) is 8.32. The zero-order chi connectivity index (χ0) is 17.5. The van der Waals surface area contributed by atoms with Crippen LogP contribution in [0.2, 0.25) is 0 Å². The summed E-state index contributed by atoms with van der Waals surface area (Å²) < 4.78 is 22.8. The Hall–Kier alpha value is -1.64. The van der Waals surface area contributed by atoms with Gasteiger partial charge in [0.05, 0.1) is 23.3 Å². The Morgan fingerprint density at radius 2 is 1.62 bits per heavy atom. The summed E-state index contributed by atoms with van der Waals surface area (Å²) in [5.41, 5.74) is 0. The fourth-order valence-electron chi connectivity index (χ4n) is 3.45. The molecule has 8 nitrogen and oxygen atoms in total. The van der Waals surface area contributed by atoms with Gasteiger partial charge in [0.2, 0.25) is 17.7 Å². The molecule has 0 spiro atoms. The van der Waals surface area contributed by atoms with Gasteiger partial charge in [-0.05, 0) is 12.8 Å². The van der Waals surface area contributed by atoms with Crippen LogP contribution in [0.25, 0.3) is 0 Å². The van der Waals surface area contributed by atoms with Crippen LogP contribution in [0.5, 0.6) is 0 Å². The average Bonchev–Trinajstić information content (AvgIpc) is 3.26. The third-order valence-corrected chi connectivity index (χ3v) is 6.83. The Labute approximate surface area is 141 Å². The highest BCUT2D eigenvalue weighted by Gasteiger charge is 2.50. The molecule has 1 N–H and O–H groups in total. The summed E-state index contributed by atoms with van der Waals surface area (Å²) in [6, 6.07) is -0.321. The molecule has 3 atom stereocenters. The van der Waals surface area contributed by atoms with Crippen molar-refractivity contribution in [3.8, 4) is 0 Å². The molecule has 3 aliphatic rings. The number of carbonyl (C=O) groups is 3. The van der Waals surface area contributed by atoms with Crippen molar-refractivity contribution in [3.05, 3.63) is 0 Å². The number of carbonyl (C=O) groups excluding carboxylic acids is 3. The molecule has 0 aromatic carbocycles. The molecule has 3 unspecified atom stereocenters.